The fraction of sp³-hybridized carbons (Fsp3) is 0.143. The number of hydrogen-bond donors (Lipinski definition) is 1. The van der Waals surface area contributed by atoms with E-state index in [1.54, 1.807) is 36.4 Å². The third kappa shape index (κ3) is 3.75. The molecule has 5 rings (SSSR count). The van der Waals surface area contributed by atoms with Crippen molar-refractivity contribution in [3.05, 3.63) is 107 Å². The molecule has 1 aromatic heterocycles. The number of fused-ring (bicyclic) bond motifs is 1. The third-order valence-corrected chi connectivity index (χ3v) is 6.21. The van der Waals surface area contributed by atoms with Crippen molar-refractivity contribution in [2.45, 2.75) is 19.4 Å². The van der Waals surface area contributed by atoms with Crippen LogP contribution in [0.4, 0.5) is 10.1 Å². The number of rotatable bonds is 6. The van der Waals surface area contributed by atoms with Crippen molar-refractivity contribution in [1.29, 1.82) is 0 Å². The van der Waals surface area contributed by atoms with E-state index in [1.165, 1.54) is 36.3 Å². The maximum atomic E-state index is 13.7. The zero-order valence-corrected chi connectivity index (χ0v) is 19.1. The maximum absolute atomic E-state index is 13.7. The first-order valence-corrected chi connectivity index (χ1v) is 11.1. The maximum Gasteiger partial charge on any atom is 0.294 e. The molecule has 0 saturated carbocycles. The molecule has 1 aliphatic rings. The smallest absolute Gasteiger partial charge is 0.294 e. The summed E-state index contributed by atoms with van der Waals surface area (Å²) in [4.78, 5) is 28.3. The molecule has 4 aromatic rings. The molecule has 35 heavy (non-hydrogen) atoms. The highest BCUT2D eigenvalue weighted by Gasteiger charge is 2.45. The van der Waals surface area contributed by atoms with Crippen LogP contribution in [0.15, 0.2) is 88.5 Å². The summed E-state index contributed by atoms with van der Waals surface area (Å²) >= 11 is 0. The predicted octanol–water partition coefficient (Wildman–Crippen LogP) is 5.93. The minimum absolute atomic E-state index is 0.0471. The van der Waals surface area contributed by atoms with E-state index >= 15 is 0 Å². The Morgan fingerprint density at radius 2 is 1.80 bits per heavy atom. The van der Waals surface area contributed by atoms with Gasteiger partial charge in [0.2, 0.25) is 5.78 Å². The molecule has 2 heterocycles. The molecule has 0 bridgehead atoms. The van der Waals surface area contributed by atoms with Gasteiger partial charge in [0.05, 0.1) is 18.7 Å². The van der Waals surface area contributed by atoms with Gasteiger partial charge in [-0.05, 0) is 53.9 Å². The van der Waals surface area contributed by atoms with Crippen molar-refractivity contribution in [2.75, 3.05) is 12.0 Å². The summed E-state index contributed by atoms with van der Waals surface area (Å²) in [5.41, 5.74) is 2.29. The highest BCUT2D eigenvalue weighted by molar-refractivity contribution is 6.20. The van der Waals surface area contributed by atoms with Crippen molar-refractivity contribution >= 4 is 28.3 Å². The van der Waals surface area contributed by atoms with Crippen molar-refractivity contribution in [2.24, 2.45) is 0 Å². The SMILES string of the molecule is CCc1ccc(N2C(=O)C(O)=C(C(=O)c3cc4cccc(OC)c4o3)C2c2ccc(F)cc2)cc1. The van der Waals surface area contributed by atoms with Crippen LogP contribution in [-0.4, -0.2) is 23.9 Å². The minimum atomic E-state index is -0.974. The van der Waals surface area contributed by atoms with Crippen molar-refractivity contribution in [1.82, 2.24) is 0 Å². The molecule has 1 atom stereocenters. The van der Waals surface area contributed by atoms with Crippen LogP contribution in [0.3, 0.4) is 0 Å². The number of hydrogen-bond acceptors (Lipinski definition) is 5. The summed E-state index contributed by atoms with van der Waals surface area (Å²) in [7, 11) is 1.50. The summed E-state index contributed by atoms with van der Waals surface area (Å²) in [6.45, 7) is 2.02. The number of aliphatic hydroxyl groups excluding tert-OH is 1. The summed E-state index contributed by atoms with van der Waals surface area (Å²) in [5, 5.41) is 11.6. The van der Waals surface area contributed by atoms with E-state index in [-0.39, 0.29) is 11.3 Å². The number of furan rings is 1. The Morgan fingerprint density at radius 3 is 2.46 bits per heavy atom. The molecular formula is C28H22FNO5. The molecule has 176 valence electrons. The second-order valence-electron chi connectivity index (χ2n) is 8.23. The highest BCUT2D eigenvalue weighted by Crippen LogP contribution is 2.42. The lowest BCUT2D eigenvalue weighted by atomic mass is 9.94. The number of anilines is 1. The lowest BCUT2D eigenvalue weighted by Gasteiger charge is -2.27. The normalized spacial score (nSPS) is 15.8. The Hall–Kier alpha value is -4.39. The molecule has 1 unspecified atom stereocenters. The largest absolute Gasteiger partial charge is 0.503 e. The first-order chi connectivity index (χ1) is 16.9. The number of ketones is 1. The number of ether oxygens (including phenoxy) is 1. The van der Waals surface area contributed by atoms with Crippen molar-refractivity contribution < 1.29 is 28.2 Å². The Bertz CT molecular complexity index is 1470. The highest BCUT2D eigenvalue weighted by atomic mass is 19.1. The molecule has 3 aromatic carbocycles. The number of aryl methyl sites for hydroxylation is 1. The van der Waals surface area contributed by atoms with Crippen molar-refractivity contribution in [3.8, 4) is 5.75 Å². The number of benzene rings is 3. The molecule has 6 nitrogen and oxygen atoms in total. The Labute approximate surface area is 200 Å². The fourth-order valence-electron chi connectivity index (χ4n) is 4.40. The van der Waals surface area contributed by atoms with Gasteiger partial charge in [0, 0.05) is 11.1 Å². The van der Waals surface area contributed by atoms with E-state index in [0.29, 0.717) is 28.0 Å². The van der Waals surface area contributed by atoms with Gasteiger partial charge in [-0.25, -0.2) is 4.39 Å². The van der Waals surface area contributed by atoms with Crippen LogP contribution in [0.1, 0.15) is 34.6 Å². The first kappa shape index (κ1) is 22.4. The van der Waals surface area contributed by atoms with Crippen LogP contribution < -0.4 is 9.64 Å². The number of halogens is 1. The lowest BCUT2D eigenvalue weighted by Crippen LogP contribution is -2.31. The zero-order valence-electron chi connectivity index (χ0n) is 19.1. The van der Waals surface area contributed by atoms with Gasteiger partial charge < -0.3 is 14.3 Å². The van der Waals surface area contributed by atoms with Crippen LogP contribution in [0.25, 0.3) is 11.0 Å². The van der Waals surface area contributed by atoms with Crippen molar-refractivity contribution in [3.63, 3.8) is 0 Å². The van der Waals surface area contributed by atoms with Gasteiger partial charge in [-0.15, -0.1) is 0 Å². The minimum Gasteiger partial charge on any atom is -0.503 e. The molecule has 0 spiro atoms. The first-order valence-electron chi connectivity index (χ1n) is 11.1. The number of carbonyl (C=O) groups is 2. The molecule has 1 amide bonds. The second kappa shape index (κ2) is 8.76. The topological polar surface area (TPSA) is 80.0 Å². The quantitative estimate of drug-likeness (QED) is 0.353. The van der Waals surface area contributed by atoms with Gasteiger partial charge in [-0.2, -0.15) is 0 Å². The summed E-state index contributed by atoms with van der Waals surface area (Å²) in [6.07, 6.45) is 0.818. The third-order valence-electron chi connectivity index (χ3n) is 6.21. The molecule has 0 saturated heterocycles. The van der Waals surface area contributed by atoms with Gasteiger partial charge in [-0.3, -0.25) is 14.5 Å². The second-order valence-corrected chi connectivity index (χ2v) is 8.23. The zero-order chi connectivity index (χ0) is 24.7. The Morgan fingerprint density at radius 1 is 1.09 bits per heavy atom. The van der Waals surface area contributed by atoms with E-state index in [1.807, 2.05) is 19.1 Å². The van der Waals surface area contributed by atoms with E-state index in [9.17, 15) is 19.1 Å². The van der Waals surface area contributed by atoms with Crippen LogP contribution in [0, 0.1) is 5.82 Å². The van der Waals surface area contributed by atoms with Gasteiger partial charge in [0.25, 0.3) is 5.91 Å². The molecule has 7 heteroatoms. The van der Waals surface area contributed by atoms with E-state index in [0.717, 1.165) is 12.0 Å². The fourth-order valence-corrected chi connectivity index (χ4v) is 4.40. The number of methoxy groups -OCH3 is 1. The molecule has 0 aliphatic carbocycles. The van der Waals surface area contributed by atoms with Gasteiger partial charge >= 0.3 is 0 Å². The standard InChI is InChI=1S/C28H22FNO5/c1-3-16-7-13-20(14-8-16)30-24(17-9-11-19(29)12-10-17)23(26(32)28(30)33)25(31)22-15-18-5-4-6-21(34-2)27(18)35-22/h4-15,24,32H,3H2,1-2H3. The van der Waals surface area contributed by atoms with Crippen LogP contribution in [0.5, 0.6) is 5.75 Å². The number of Topliss-reactive ketones (excluding diaryl/α,β-unsaturated/α-hetero) is 1. The summed E-state index contributed by atoms with van der Waals surface area (Å²) in [5.74, 6) is -2.08. The summed E-state index contributed by atoms with van der Waals surface area (Å²) < 4.78 is 24.8. The van der Waals surface area contributed by atoms with Gasteiger partial charge in [0.15, 0.2) is 22.9 Å². The molecule has 1 N–H and O–H groups in total. The number of para-hydroxylation sites is 1. The Balaban J connectivity index is 1.64. The monoisotopic (exact) mass is 471 g/mol. The average Bonchev–Trinajstić information content (AvgIpc) is 3.43. The van der Waals surface area contributed by atoms with E-state index in [4.69, 9.17) is 9.15 Å². The van der Waals surface area contributed by atoms with Crippen LogP contribution in [0.2, 0.25) is 0 Å². The van der Waals surface area contributed by atoms with Gasteiger partial charge in [0.1, 0.15) is 5.82 Å². The van der Waals surface area contributed by atoms with Crippen LogP contribution >= 0.6 is 0 Å². The number of carbonyl (C=O) groups excluding carboxylic acids is 2. The predicted molar refractivity (Wildman–Crippen MR) is 129 cm³/mol. The number of aliphatic hydroxyl groups is 1. The lowest BCUT2D eigenvalue weighted by molar-refractivity contribution is -0.117. The molecule has 0 fully saturated rings. The Kier molecular flexibility index (Phi) is 5.61. The van der Waals surface area contributed by atoms with Gasteiger partial charge in [-0.1, -0.05) is 43.3 Å². The molecule has 1 aliphatic heterocycles. The average molecular weight is 471 g/mol. The number of nitrogens with zero attached hydrogens (tertiary/aromatic N) is 1. The van der Waals surface area contributed by atoms with Crippen LogP contribution in [-0.2, 0) is 11.2 Å². The molecule has 0 radical (unpaired) electrons. The molecular weight excluding hydrogens is 449 g/mol. The summed E-state index contributed by atoms with van der Waals surface area (Å²) in [6, 6.07) is 18.6. The van der Waals surface area contributed by atoms with E-state index < -0.39 is 29.3 Å². The number of amides is 1. The van der Waals surface area contributed by atoms with E-state index in [2.05, 4.69) is 0 Å².